The molecule has 0 aliphatic heterocycles. The molecule has 0 amide bonds. The number of rotatable bonds is 7. The Morgan fingerprint density at radius 2 is 2.15 bits per heavy atom. The van der Waals surface area contributed by atoms with Gasteiger partial charge < -0.3 is 5.11 Å². The highest BCUT2D eigenvalue weighted by atomic mass is 79.9. The third-order valence-corrected chi connectivity index (χ3v) is 5.40. The van der Waals surface area contributed by atoms with Crippen molar-refractivity contribution in [2.45, 2.75) is 18.4 Å². The van der Waals surface area contributed by atoms with Crippen LogP contribution in [0.3, 0.4) is 0 Å². The van der Waals surface area contributed by atoms with Gasteiger partial charge in [-0.25, -0.2) is 17.5 Å². The molecule has 1 rings (SSSR count). The lowest BCUT2D eigenvalue weighted by Gasteiger charge is -2.13. The highest BCUT2D eigenvalue weighted by molar-refractivity contribution is 9.10. The largest absolute Gasteiger partial charge is 0.392 e. The molecule has 4 nitrogen and oxygen atoms in total. The van der Waals surface area contributed by atoms with E-state index in [4.69, 9.17) is 5.11 Å². The first-order chi connectivity index (χ1) is 9.31. The van der Waals surface area contributed by atoms with Crippen LogP contribution in [0.5, 0.6) is 0 Å². The van der Waals surface area contributed by atoms with Crippen LogP contribution in [-0.2, 0) is 16.6 Å². The van der Waals surface area contributed by atoms with Gasteiger partial charge in [0.15, 0.2) is 0 Å². The standard InChI is InChI=1S/C12H17BrFNO3S2/c1-8(7-19-2)5-15-20(17,18)11-4-10(13)3-9(6-16)12(11)14/h3-4,8,15-16H,5-7H2,1-2H3. The zero-order chi connectivity index (χ0) is 15.3. The summed E-state index contributed by atoms with van der Waals surface area (Å²) >= 11 is 4.73. The van der Waals surface area contributed by atoms with Crippen molar-refractivity contribution in [1.29, 1.82) is 0 Å². The summed E-state index contributed by atoms with van der Waals surface area (Å²) in [4.78, 5) is -0.452. The Morgan fingerprint density at radius 1 is 1.50 bits per heavy atom. The molecule has 0 aliphatic carbocycles. The minimum atomic E-state index is -3.93. The van der Waals surface area contributed by atoms with Crippen molar-refractivity contribution in [1.82, 2.24) is 4.72 Å². The van der Waals surface area contributed by atoms with E-state index in [9.17, 15) is 12.8 Å². The second-order valence-corrected chi connectivity index (χ2v) is 8.01. The van der Waals surface area contributed by atoms with Gasteiger partial charge in [-0.3, -0.25) is 0 Å². The van der Waals surface area contributed by atoms with Crippen molar-refractivity contribution in [3.05, 3.63) is 28.0 Å². The van der Waals surface area contributed by atoms with Crippen molar-refractivity contribution < 1.29 is 17.9 Å². The van der Waals surface area contributed by atoms with Gasteiger partial charge in [0, 0.05) is 16.6 Å². The fraction of sp³-hybridized carbons (Fsp3) is 0.500. The molecule has 1 aromatic carbocycles. The summed E-state index contributed by atoms with van der Waals surface area (Å²) < 4.78 is 41.1. The van der Waals surface area contributed by atoms with E-state index >= 15 is 0 Å². The highest BCUT2D eigenvalue weighted by Crippen LogP contribution is 2.24. The molecular formula is C12H17BrFNO3S2. The van der Waals surface area contributed by atoms with E-state index in [1.54, 1.807) is 11.8 Å². The van der Waals surface area contributed by atoms with E-state index < -0.39 is 27.3 Å². The van der Waals surface area contributed by atoms with Gasteiger partial charge in [-0.2, -0.15) is 11.8 Å². The molecule has 1 aromatic rings. The number of benzene rings is 1. The maximum absolute atomic E-state index is 14.0. The maximum Gasteiger partial charge on any atom is 0.243 e. The first-order valence-electron chi connectivity index (χ1n) is 5.89. The van der Waals surface area contributed by atoms with Crippen LogP contribution in [0.25, 0.3) is 0 Å². The van der Waals surface area contributed by atoms with Crippen LogP contribution in [0.4, 0.5) is 4.39 Å². The average molecular weight is 386 g/mol. The molecule has 0 aromatic heterocycles. The van der Waals surface area contributed by atoms with Crippen LogP contribution >= 0.6 is 27.7 Å². The summed E-state index contributed by atoms with van der Waals surface area (Å²) in [7, 11) is -3.93. The van der Waals surface area contributed by atoms with Crippen LogP contribution in [0.1, 0.15) is 12.5 Å². The van der Waals surface area contributed by atoms with Crippen LogP contribution in [0.15, 0.2) is 21.5 Å². The smallest absolute Gasteiger partial charge is 0.243 e. The van der Waals surface area contributed by atoms with E-state index in [0.717, 1.165) is 5.75 Å². The molecule has 1 atom stereocenters. The van der Waals surface area contributed by atoms with Gasteiger partial charge in [0.2, 0.25) is 10.0 Å². The monoisotopic (exact) mass is 385 g/mol. The molecule has 0 radical (unpaired) electrons. The van der Waals surface area contributed by atoms with Gasteiger partial charge in [0.25, 0.3) is 0 Å². The number of halogens is 2. The number of hydrogen-bond donors (Lipinski definition) is 2. The summed E-state index contributed by atoms with van der Waals surface area (Å²) in [6.07, 6.45) is 1.94. The fourth-order valence-electron chi connectivity index (χ4n) is 1.60. The Labute approximate surface area is 131 Å². The minimum Gasteiger partial charge on any atom is -0.392 e. The lowest BCUT2D eigenvalue weighted by atomic mass is 10.2. The first-order valence-corrected chi connectivity index (χ1v) is 9.56. The number of thioether (sulfide) groups is 1. The lowest BCUT2D eigenvalue weighted by molar-refractivity contribution is 0.274. The summed E-state index contributed by atoms with van der Waals surface area (Å²) in [5.41, 5.74) is -0.0584. The maximum atomic E-state index is 14.0. The number of sulfonamides is 1. The molecule has 114 valence electrons. The second kappa shape index (κ2) is 7.74. The Balaban J connectivity index is 3.01. The molecule has 2 N–H and O–H groups in total. The number of hydrogen-bond acceptors (Lipinski definition) is 4. The first kappa shape index (κ1) is 17.9. The molecule has 0 bridgehead atoms. The average Bonchev–Trinajstić information content (AvgIpc) is 2.39. The zero-order valence-electron chi connectivity index (χ0n) is 11.2. The summed E-state index contributed by atoms with van der Waals surface area (Å²) in [5.74, 6) is 0.0405. The highest BCUT2D eigenvalue weighted by Gasteiger charge is 2.22. The topological polar surface area (TPSA) is 66.4 Å². The summed E-state index contributed by atoms with van der Waals surface area (Å²) in [5, 5.41) is 9.04. The summed E-state index contributed by atoms with van der Waals surface area (Å²) in [6, 6.07) is 2.54. The van der Waals surface area contributed by atoms with Crippen molar-refractivity contribution in [2.75, 3.05) is 18.6 Å². The lowest BCUT2D eigenvalue weighted by Crippen LogP contribution is -2.30. The second-order valence-electron chi connectivity index (χ2n) is 4.45. The van der Waals surface area contributed by atoms with Gasteiger partial charge in [0.05, 0.1) is 6.61 Å². The van der Waals surface area contributed by atoms with Gasteiger partial charge >= 0.3 is 0 Å². The molecule has 0 fully saturated rings. The van der Waals surface area contributed by atoms with E-state index in [0.29, 0.717) is 4.47 Å². The van der Waals surface area contributed by atoms with E-state index in [1.807, 2.05) is 13.2 Å². The fourth-order valence-corrected chi connectivity index (χ4v) is 4.25. The molecule has 0 saturated carbocycles. The molecule has 0 spiro atoms. The van der Waals surface area contributed by atoms with Crippen molar-refractivity contribution in [2.24, 2.45) is 5.92 Å². The predicted octanol–water partition coefficient (Wildman–Crippen LogP) is 2.36. The molecule has 0 saturated heterocycles. The third-order valence-electron chi connectivity index (χ3n) is 2.61. The quantitative estimate of drug-likeness (QED) is 0.755. The molecule has 0 heterocycles. The van der Waals surface area contributed by atoms with Gasteiger partial charge in [-0.05, 0) is 30.1 Å². The molecule has 8 heteroatoms. The van der Waals surface area contributed by atoms with Crippen LogP contribution in [0, 0.1) is 11.7 Å². The zero-order valence-corrected chi connectivity index (χ0v) is 14.4. The molecule has 0 aliphatic rings. The molecular weight excluding hydrogens is 369 g/mol. The van der Waals surface area contributed by atoms with Crippen LogP contribution in [-0.4, -0.2) is 32.1 Å². The van der Waals surface area contributed by atoms with E-state index in [2.05, 4.69) is 20.7 Å². The predicted molar refractivity (Wildman–Crippen MR) is 82.8 cm³/mol. The van der Waals surface area contributed by atoms with Crippen LogP contribution in [0.2, 0.25) is 0 Å². The van der Waals surface area contributed by atoms with Crippen LogP contribution < -0.4 is 4.72 Å². The van der Waals surface area contributed by atoms with Crippen molar-refractivity contribution >= 4 is 37.7 Å². The van der Waals surface area contributed by atoms with Crippen molar-refractivity contribution in [3.8, 4) is 0 Å². The number of nitrogens with one attached hydrogen (secondary N) is 1. The molecule has 20 heavy (non-hydrogen) atoms. The SMILES string of the molecule is CSCC(C)CNS(=O)(=O)c1cc(Br)cc(CO)c1F. The Hall–Kier alpha value is -0.150. The Kier molecular flexibility index (Phi) is 6.93. The van der Waals surface area contributed by atoms with Gasteiger partial charge in [0.1, 0.15) is 10.7 Å². The van der Waals surface area contributed by atoms with Gasteiger partial charge in [-0.1, -0.05) is 22.9 Å². The number of aliphatic hydroxyl groups is 1. The Bertz CT molecular complexity index is 566. The van der Waals surface area contributed by atoms with E-state index in [1.165, 1.54) is 12.1 Å². The molecule has 1 unspecified atom stereocenters. The Morgan fingerprint density at radius 3 is 2.70 bits per heavy atom. The van der Waals surface area contributed by atoms with Gasteiger partial charge in [-0.15, -0.1) is 0 Å². The van der Waals surface area contributed by atoms with Crippen molar-refractivity contribution in [3.63, 3.8) is 0 Å². The van der Waals surface area contributed by atoms with E-state index in [-0.39, 0.29) is 18.0 Å². The minimum absolute atomic E-state index is 0.0584. The third kappa shape index (κ3) is 4.70. The summed E-state index contributed by atoms with van der Waals surface area (Å²) in [6.45, 7) is 1.59. The number of aliphatic hydroxyl groups excluding tert-OH is 1. The normalized spacial score (nSPS) is 13.4.